The van der Waals surface area contributed by atoms with Gasteiger partial charge in [0.05, 0.1) is 15.7 Å². The summed E-state index contributed by atoms with van der Waals surface area (Å²) in [6.45, 7) is 1.79. The number of amides is 2. The number of carbonyl (C=O) groups excluding carboxylic acids is 1. The Balaban J connectivity index is 1.83. The first-order valence-corrected chi connectivity index (χ1v) is 8.27. The molecule has 3 aromatic rings. The van der Waals surface area contributed by atoms with Crippen LogP contribution in [0.15, 0.2) is 42.6 Å². The lowest BCUT2D eigenvalue weighted by atomic mass is 10.3. The van der Waals surface area contributed by atoms with Crippen molar-refractivity contribution in [3.8, 4) is 5.82 Å². The van der Waals surface area contributed by atoms with Gasteiger partial charge in [0.15, 0.2) is 5.82 Å². The molecule has 2 aromatic heterocycles. The molecular weight excluding hydrogens is 385 g/mol. The summed E-state index contributed by atoms with van der Waals surface area (Å²) in [6, 6.07) is 9.58. The standard InChI is InChI=1S/C16H12Cl3N5O/c1-9-6-14(22-16(25)21-12-4-2-10(17)3-5-12)24(23-9)15-13(19)7-11(18)8-20-15/h2-8H,1H3,(H2,21,22,25). The van der Waals surface area contributed by atoms with Gasteiger partial charge in [0.25, 0.3) is 0 Å². The predicted octanol–water partition coefficient (Wildman–Crippen LogP) is 5.18. The van der Waals surface area contributed by atoms with E-state index in [0.29, 0.717) is 38.1 Å². The molecule has 128 valence electrons. The number of nitrogens with one attached hydrogen (secondary N) is 2. The van der Waals surface area contributed by atoms with Gasteiger partial charge < -0.3 is 5.32 Å². The Morgan fingerprint density at radius 1 is 1.04 bits per heavy atom. The van der Waals surface area contributed by atoms with Crippen molar-refractivity contribution in [1.82, 2.24) is 14.8 Å². The smallest absolute Gasteiger partial charge is 0.308 e. The molecule has 1 aromatic carbocycles. The second-order valence-corrected chi connectivity index (χ2v) is 6.41. The van der Waals surface area contributed by atoms with Gasteiger partial charge in [0.1, 0.15) is 5.82 Å². The van der Waals surface area contributed by atoms with E-state index in [0.717, 1.165) is 0 Å². The normalized spacial score (nSPS) is 10.6. The first-order chi connectivity index (χ1) is 11.9. The maximum absolute atomic E-state index is 12.2. The van der Waals surface area contributed by atoms with Crippen LogP contribution in [0.3, 0.4) is 0 Å². The number of aromatic nitrogens is 3. The van der Waals surface area contributed by atoms with Gasteiger partial charge in [-0.3, -0.25) is 5.32 Å². The zero-order valence-corrected chi connectivity index (χ0v) is 15.2. The molecule has 0 spiro atoms. The number of carbonyl (C=O) groups is 1. The Hall–Kier alpha value is -2.28. The highest BCUT2D eigenvalue weighted by Crippen LogP contribution is 2.25. The van der Waals surface area contributed by atoms with Crippen molar-refractivity contribution in [2.24, 2.45) is 0 Å². The highest BCUT2D eigenvalue weighted by atomic mass is 35.5. The van der Waals surface area contributed by atoms with Gasteiger partial charge in [-0.05, 0) is 37.3 Å². The van der Waals surface area contributed by atoms with Crippen LogP contribution in [0.5, 0.6) is 0 Å². The molecule has 2 amide bonds. The number of rotatable bonds is 3. The molecule has 9 heteroatoms. The van der Waals surface area contributed by atoms with E-state index in [4.69, 9.17) is 34.8 Å². The van der Waals surface area contributed by atoms with Crippen LogP contribution >= 0.6 is 34.8 Å². The summed E-state index contributed by atoms with van der Waals surface area (Å²) in [6.07, 6.45) is 1.46. The van der Waals surface area contributed by atoms with Crippen molar-refractivity contribution < 1.29 is 4.79 Å². The number of aryl methyl sites for hydroxylation is 1. The molecule has 0 bridgehead atoms. The van der Waals surface area contributed by atoms with Gasteiger partial charge in [-0.25, -0.2) is 9.78 Å². The second kappa shape index (κ2) is 7.31. The average Bonchev–Trinajstić information content (AvgIpc) is 2.89. The van der Waals surface area contributed by atoms with E-state index >= 15 is 0 Å². The summed E-state index contributed by atoms with van der Waals surface area (Å²) in [7, 11) is 0. The molecule has 3 rings (SSSR count). The highest BCUT2D eigenvalue weighted by molar-refractivity contribution is 6.35. The van der Waals surface area contributed by atoms with Crippen LogP contribution in [-0.4, -0.2) is 20.8 Å². The maximum atomic E-state index is 12.2. The lowest BCUT2D eigenvalue weighted by Crippen LogP contribution is -2.21. The van der Waals surface area contributed by atoms with Gasteiger partial charge >= 0.3 is 6.03 Å². The molecule has 0 aliphatic carbocycles. The predicted molar refractivity (Wildman–Crippen MR) is 100 cm³/mol. The number of halogens is 3. The number of urea groups is 1. The third-order valence-electron chi connectivity index (χ3n) is 3.16. The fraction of sp³-hybridized carbons (Fsp3) is 0.0625. The van der Waals surface area contributed by atoms with E-state index in [-0.39, 0.29) is 0 Å². The van der Waals surface area contributed by atoms with Crippen LogP contribution in [0.1, 0.15) is 5.69 Å². The minimum atomic E-state index is -0.437. The van der Waals surface area contributed by atoms with Crippen molar-refractivity contribution >= 4 is 52.3 Å². The summed E-state index contributed by atoms with van der Waals surface area (Å²) >= 11 is 17.9. The lowest BCUT2D eigenvalue weighted by Gasteiger charge is -2.10. The molecule has 0 aliphatic heterocycles. The average molecular weight is 397 g/mol. The summed E-state index contributed by atoms with van der Waals surface area (Å²) in [5.74, 6) is 0.779. The van der Waals surface area contributed by atoms with Crippen LogP contribution in [0.25, 0.3) is 5.82 Å². The second-order valence-electron chi connectivity index (χ2n) is 5.13. The summed E-state index contributed by atoms with van der Waals surface area (Å²) < 4.78 is 1.44. The van der Waals surface area contributed by atoms with Crippen LogP contribution in [0.4, 0.5) is 16.3 Å². The summed E-state index contributed by atoms with van der Waals surface area (Å²) in [4.78, 5) is 16.4. The monoisotopic (exact) mass is 395 g/mol. The maximum Gasteiger partial charge on any atom is 0.324 e. The third kappa shape index (κ3) is 4.22. The van der Waals surface area contributed by atoms with Gasteiger partial charge in [0.2, 0.25) is 0 Å². The number of nitrogens with zero attached hydrogens (tertiary/aromatic N) is 3. The Kier molecular flexibility index (Phi) is 5.13. The number of hydrogen-bond donors (Lipinski definition) is 2. The molecule has 0 unspecified atom stereocenters. The quantitative estimate of drug-likeness (QED) is 0.640. The van der Waals surface area contributed by atoms with E-state index < -0.39 is 6.03 Å². The molecule has 25 heavy (non-hydrogen) atoms. The van der Waals surface area contributed by atoms with Gasteiger partial charge in [-0.1, -0.05) is 34.8 Å². The fourth-order valence-corrected chi connectivity index (χ4v) is 2.71. The minimum absolute atomic E-state index is 0.316. The molecule has 2 N–H and O–H groups in total. The lowest BCUT2D eigenvalue weighted by molar-refractivity contribution is 0.262. The van der Waals surface area contributed by atoms with Crippen LogP contribution < -0.4 is 10.6 Å². The van der Waals surface area contributed by atoms with Crippen LogP contribution in [0.2, 0.25) is 15.1 Å². The first-order valence-electron chi connectivity index (χ1n) is 7.14. The molecule has 0 saturated carbocycles. The van der Waals surface area contributed by atoms with Gasteiger partial charge in [-0.2, -0.15) is 9.78 Å². The van der Waals surface area contributed by atoms with Crippen molar-refractivity contribution in [3.05, 3.63) is 63.4 Å². The molecule has 0 atom stereocenters. The molecule has 2 heterocycles. The zero-order chi connectivity index (χ0) is 18.0. The van der Waals surface area contributed by atoms with E-state index in [1.807, 2.05) is 0 Å². The van der Waals surface area contributed by atoms with Crippen LogP contribution in [0, 0.1) is 6.92 Å². The topological polar surface area (TPSA) is 71.8 Å². The van der Waals surface area contributed by atoms with Crippen molar-refractivity contribution in [3.63, 3.8) is 0 Å². The highest BCUT2D eigenvalue weighted by Gasteiger charge is 2.14. The summed E-state index contributed by atoms with van der Waals surface area (Å²) in [5, 5.41) is 11.0. The van der Waals surface area contributed by atoms with Crippen molar-refractivity contribution in [2.45, 2.75) is 6.92 Å². The number of anilines is 2. The zero-order valence-electron chi connectivity index (χ0n) is 12.9. The van der Waals surface area contributed by atoms with Gasteiger partial charge in [0, 0.05) is 23.0 Å². The Bertz CT molecular complexity index is 924. The van der Waals surface area contributed by atoms with E-state index in [2.05, 4.69) is 20.7 Å². The molecular formula is C16H12Cl3N5O. The SMILES string of the molecule is Cc1cc(NC(=O)Nc2ccc(Cl)cc2)n(-c2ncc(Cl)cc2Cl)n1. The Morgan fingerprint density at radius 3 is 2.44 bits per heavy atom. The number of benzene rings is 1. The van der Waals surface area contributed by atoms with Gasteiger partial charge in [-0.15, -0.1) is 0 Å². The van der Waals surface area contributed by atoms with Crippen molar-refractivity contribution in [2.75, 3.05) is 10.6 Å². The number of hydrogen-bond acceptors (Lipinski definition) is 3. The third-order valence-corrected chi connectivity index (χ3v) is 3.90. The van der Waals surface area contributed by atoms with E-state index in [9.17, 15) is 4.79 Å². The van der Waals surface area contributed by atoms with Crippen LogP contribution in [-0.2, 0) is 0 Å². The largest absolute Gasteiger partial charge is 0.324 e. The minimum Gasteiger partial charge on any atom is -0.308 e. The van der Waals surface area contributed by atoms with E-state index in [1.54, 1.807) is 43.3 Å². The molecule has 0 aliphatic rings. The molecule has 0 radical (unpaired) electrons. The Labute approximate surface area is 158 Å². The molecule has 0 fully saturated rings. The van der Waals surface area contributed by atoms with Crippen molar-refractivity contribution in [1.29, 1.82) is 0 Å². The fourth-order valence-electron chi connectivity index (χ4n) is 2.13. The molecule has 6 nitrogen and oxygen atoms in total. The summed E-state index contributed by atoms with van der Waals surface area (Å²) in [5.41, 5.74) is 1.29. The number of pyridine rings is 1. The Morgan fingerprint density at radius 2 is 1.76 bits per heavy atom. The molecule has 0 saturated heterocycles. The first kappa shape index (κ1) is 17.5. The van der Waals surface area contributed by atoms with E-state index in [1.165, 1.54) is 10.9 Å².